The Morgan fingerprint density at radius 3 is 2.52 bits per heavy atom. The quantitative estimate of drug-likeness (QED) is 0.796. The molecule has 1 heterocycles. The Bertz CT molecular complexity index is 590. The fourth-order valence-corrected chi connectivity index (χ4v) is 2.55. The van der Waals surface area contributed by atoms with Crippen LogP contribution in [-0.4, -0.2) is 47.3 Å². The van der Waals surface area contributed by atoms with Crippen molar-refractivity contribution in [1.29, 1.82) is 0 Å². The van der Waals surface area contributed by atoms with Gasteiger partial charge in [-0.2, -0.15) is 0 Å². The van der Waals surface area contributed by atoms with Gasteiger partial charge in [-0.25, -0.2) is 4.39 Å². The molecule has 21 heavy (non-hydrogen) atoms. The van der Waals surface area contributed by atoms with Crippen molar-refractivity contribution >= 4 is 17.5 Å². The molecule has 0 aliphatic carbocycles. The van der Waals surface area contributed by atoms with Gasteiger partial charge in [0.05, 0.1) is 0 Å². The van der Waals surface area contributed by atoms with Gasteiger partial charge in [0.2, 0.25) is 5.91 Å². The predicted octanol–water partition coefficient (Wildman–Crippen LogP) is 1.41. The van der Waals surface area contributed by atoms with Crippen molar-refractivity contribution in [3.63, 3.8) is 0 Å². The number of likely N-dealkylation sites (N-methyl/N-ethyl adjacent to an activating group) is 1. The molecule has 1 fully saturated rings. The van der Waals surface area contributed by atoms with Crippen LogP contribution in [0.25, 0.3) is 0 Å². The number of carbonyl (C=O) groups is 2. The zero-order valence-electron chi connectivity index (χ0n) is 12.7. The third kappa shape index (κ3) is 2.46. The summed E-state index contributed by atoms with van der Waals surface area (Å²) in [7, 11) is 1.70. The number of nitrogens with zero attached hydrogens (tertiary/aromatic N) is 2. The average Bonchev–Trinajstić information content (AvgIpc) is 2.41. The van der Waals surface area contributed by atoms with Crippen molar-refractivity contribution in [2.24, 2.45) is 0 Å². The van der Waals surface area contributed by atoms with Crippen LogP contribution in [0.2, 0.25) is 0 Å². The maximum atomic E-state index is 13.8. The maximum absolute atomic E-state index is 13.8. The number of halogens is 1. The zero-order chi connectivity index (χ0) is 15.9. The maximum Gasteiger partial charge on any atom is 0.254 e. The molecular weight excluding hydrogens is 273 g/mol. The van der Waals surface area contributed by atoms with Crippen LogP contribution in [0.3, 0.4) is 0 Å². The number of piperazine rings is 1. The summed E-state index contributed by atoms with van der Waals surface area (Å²) in [4.78, 5) is 27.9. The van der Waals surface area contributed by atoms with Crippen LogP contribution in [0.15, 0.2) is 12.1 Å². The van der Waals surface area contributed by atoms with Gasteiger partial charge < -0.3 is 15.5 Å². The topological polar surface area (TPSA) is 66.6 Å². The predicted molar refractivity (Wildman–Crippen MR) is 78.3 cm³/mol. The second kappa shape index (κ2) is 5.02. The van der Waals surface area contributed by atoms with Gasteiger partial charge in [-0.1, -0.05) is 0 Å². The van der Waals surface area contributed by atoms with E-state index < -0.39 is 11.4 Å². The lowest BCUT2D eigenvalue weighted by molar-refractivity contribution is -0.144. The minimum Gasteiger partial charge on any atom is -0.398 e. The average molecular weight is 293 g/mol. The van der Waals surface area contributed by atoms with Crippen molar-refractivity contribution in [3.05, 3.63) is 29.1 Å². The highest BCUT2D eigenvalue weighted by Gasteiger charge is 2.43. The first-order valence-electron chi connectivity index (χ1n) is 6.79. The smallest absolute Gasteiger partial charge is 0.254 e. The number of carbonyl (C=O) groups excluding carboxylic acids is 2. The highest BCUT2D eigenvalue weighted by atomic mass is 19.1. The molecule has 5 nitrogen and oxygen atoms in total. The van der Waals surface area contributed by atoms with E-state index in [0.717, 1.165) is 0 Å². The van der Waals surface area contributed by atoms with E-state index in [4.69, 9.17) is 5.73 Å². The van der Waals surface area contributed by atoms with E-state index in [0.29, 0.717) is 18.7 Å². The minimum absolute atomic E-state index is 0.136. The van der Waals surface area contributed by atoms with Crippen molar-refractivity contribution in [1.82, 2.24) is 9.80 Å². The van der Waals surface area contributed by atoms with Gasteiger partial charge in [0.15, 0.2) is 0 Å². The molecule has 1 aromatic rings. The number of benzene rings is 1. The van der Waals surface area contributed by atoms with Crippen molar-refractivity contribution in [2.75, 3.05) is 25.9 Å². The molecule has 114 valence electrons. The molecule has 0 radical (unpaired) electrons. The fraction of sp³-hybridized carbons (Fsp3) is 0.467. The Labute approximate surface area is 123 Å². The monoisotopic (exact) mass is 293 g/mol. The lowest BCUT2D eigenvalue weighted by Crippen LogP contribution is -2.63. The first-order chi connectivity index (χ1) is 9.66. The van der Waals surface area contributed by atoms with Crippen molar-refractivity contribution in [2.45, 2.75) is 26.3 Å². The van der Waals surface area contributed by atoms with E-state index in [1.165, 1.54) is 17.0 Å². The number of hydrogen-bond acceptors (Lipinski definition) is 3. The zero-order valence-corrected chi connectivity index (χ0v) is 12.7. The Kier molecular flexibility index (Phi) is 3.65. The van der Waals surface area contributed by atoms with Gasteiger partial charge in [0.1, 0.15) is 11.4 Å². The van der Waals surface area contributed by atoms with Crippen LogP contribution in [0.1, 0.15) is 29.8 Å². The first kappa shape index (κ1) is 15.3. The van der Waals surface area contributed by atoms with Crippen LogP contribution in [-0.2, 0) is 4.79 Å². The summed E-state index contributed by atoms with van der Waals surface area (Å²) < 4.78 is 13.8. The van der Waals surface area contributed by atoms with E-state index in [-0.39, 0.29) is 23.1 Å². The number of anilines is 1. The number of nitrogens with two attached hydrogens (primary N) is 1. The lowest BCUT2D eigenvalue weighted by atomic mass is 9.96. The Morgan fingerprint density at radius 2 is 1.95 bits per heavy atom. The molecule has 6 heteroatoms. The lowest BCUT2D eigenvalue weighted by Gasteiger charge is -2.44. The molecule has 1 saturated heterocycles. The standard InChI is InChI=1S/C15H20FN3O2/c1-9-11(16)7-10(8-12(9)17)13(20)19-6-5-18(4)14(21)15(19,2)3/h7-8H,5-6,17H2,1-4H3. The Morgan fingerprint density at radius 1 is 1.33 bits per heavy atom. The Hall–Kier alpha value is -2.11. The van der Waals surface area contributed by atoms with E-state index >= 15 is 0 Å². The molecule has 2 N–H and O–H groups in total. The molecular formula is C15H20FN3O2. The molecule has 1 aromatic carbocycles. The number of hydrogen-bond donors (Lipinski definition) is 1. The summed E-state index contributed by atoms with van der Waals surface area (Å²) in [5.74, 6) is -1.04. The molecule has 1 aliphatic rings. The van der Waals surface area contributed by atoms with Gasteiger partial charge in [-0.3, -0.25) is 9.59 Å². The van der Waals surface area contributed by atoms with Crippen LogP contribution < -0.4 is 5.73 Å². The van der Waals surface area contributed by atoms with E-state index in [2.05, 4.69) is 0 Å². The molecule has 0 bridgehead atoms. The van der Waals surface area contributed by atoms with E-state index in [1.54, 1.807) is 32.7 Å². The summed E-state index contributed by atoms with van der Waals surface area (Å²) in [5.41, 5.74) is 5.48. The highest BCUT2D eigenvalue weighted by molar-refractivity contribution is 6.00. The third-order valence-electron chi connectivity index (χ3n) is 4.08. The summed E-state index contributed by atoms with van der Waals surface area (Å²) in [5, 5.41) is 0. The second-order valence-electron chi connectivity index (χ2n) is 5.91. The van der Waals surface area contributed by atoms with Crippen molar-refractivity contribution in [3.8, 4) is 0 Å². The molecule has 0 spiro atoms. The number of amides is 2. The van der Waals surface area contributed by atoms with Gasteiger partial charge in [-0.15, -0.1) is 0 Å². The third-order valence-corrected chi connectivity index (χ3v) is 4.08. The number of rotatable bonds is 1. The van der Waals surface area contributed by atoms with Crippen LogP contribution >= 0.6 is 0 Å². The molecule has 0 aromatic heterocycles. The minimum atomic E-state index is -0.958. The second-order valence-corrected chi connectivity index (χ2v) is 5.91. The molecule has 0 saturated carbocycles. The summed E-state index contributed by atoms with van der Waals surface area (Å²) in [6.07, 6.45) is 0. The molecule has 1 aliphatic heterocycles. The normalized spacial score (nSPS) is 18.0. The van der Waals surface area contributed by atoms with Crippen LogP contribution in [0.5, 0.6) is 0 Å². The summed E-state index contributed by atoms with van der Waals surface area (Å²) in [6, 6.07) is 2.63. The van der Waals surface area contributed by atoms with Gasteiger partial charge in [0, 0.05) is 37.0 Å². The van der Waals surface area contributed by atoms with Gasteiger partial charge in [-0.05, 0) is 32.9 Å². The summed E-state index contributed by atoms with van der Waals surface area (Å²) in [6.45, 7) is 5.80. The van der Waals surface area contributed by atoms with Gasteiger partial charge in [0.25, 0.3) is 5.91 Å². The number of nitrogen functional groups attached to an aromatic ring is 1. The van der Waals surface area contributed by atoms with Gasteiger partial charge >= 0.3 is 0 Å². The van der Waals surface area contributed by atoms with E-state index in [1.807, 2.05) is 0 Å². The molecule has 0 unspecified atom stereocenters. The van der Waals surface area contributed by atoms with E-state index in [9.17, 15) is 14.0 Å². The van der Waals surface area contributed by atoms with Crippen LogP contribution in [0.4, 0.5) is 10.1 Å². The molecule has 2 rings (SSSR count). The summed E-state index contributed by atoms with van der Waals surface area (Å²) >= 11 is 0. The molecule has 2 amide bonds. The van der Waals surface area contributed by atoms with Crippen LogP contribution in [0, 0.1) is 12.7 Å². The highest BCUT2D eigenvalue weighted by Crippen LogP contribution is 2.26. The SMILES string of the molecule is Cc1c(N)cc(C(=O)N2CCN(C)C(=O)C2(C)C)cc1F. The van der Waals surface area contributed by atoms with Crippen molar-refractivity contribution < 1.29 is 14.0 Å². The largest absolute Gasteiger partial charge is 0.398 e. The first-order valence-corrected chi connectivity index (χ1v) is 6.79. The Balaban J connectivity index is 2.38. The fourth-order valence-electron chi connectivity index (χ4n) is 2.55. The molecule has 0 atom stereocenters.